The minimum Gasteiger partial charge on any atom is -0.486 e. The Balaban J connectivity index is 1.51. The maximum absolute atomic E-state index is 13.1. The molecule has 0 radical (unpaired) electrons. The summed E-state index contributed by atoms with van der Waals surface area (Å²) in [5.41, 5.74) is 1.90. The Morgan fingerprint density at radius 2 is 1.73 bits per heavy atom. The molecule has 0 unspecified atom stereocenters. The Hall–Kier alpha value is -3.55. The summed E-state index contributed by atoms with van der Waals surface area (Å²) in [6.07, 6.45) is 0. The topological polar surface area (TPSA) is 97.0 Å². The van der Waals surface area contributed by atoms with E-state index in [1.54, 1.807) is 25.1 Å². The summed E-state index contributed by atoms with van der Waals surface area (Å²) in [5, 5.41) is 5.45. The fourth-order valence-corrected chi connectivity index (χ4v) is 3.78. The van der Waals surface area contributed by atoms with Crippen molar-refractivity contribution in [2.45, 2.75) is 26.3 Å². The zero-order chi connectivity index (χ0) is 21.5. The number of ether oxygens (including phenoxy) is 2. The summed E-state index contributed by atoms with van der Waals surface area (Å²) in [6, 6.07) is 10.1. The number of nitrogens with zero attached hydrogens (tertiary/aromatic N) is 1. The Bertz CT molecular complexity index is 1030. The molecule has 156 valence electrons. The van der Waals surface area contributed by atoms with Crippen LogP contribution in [-0.4, -0.2) is 42.5 Å². The third-order valence-electron chi connectivity index (χ3n) is 5.20. The van der Waals surface area contributed by atoms with Gasteiger partial charge in [-0.1, -0.05) is 12.1 Å². The van der Waals surface area contributed by atoms with Gasteiger partial charge in [0.25, 0.3) is 5.91 Å². The molecule has 2 aromatic rings. The van der Waals surface area contributed by atoms with Gasteiger partial charge in [0.1, 0.15) is 25.3 Å². The van der Waals surface area contributed by atoms with Crippen LogP contribution in [0.15, 0.2) is 36.4 Å². The summed E-state index contributed by atoms with van der Waals surface area (Å²) in [6.45, 7) is 5.97. The van der Waals surface area contributed by atoms with Crippen molar-refractivity contribution in [1.82, 2.24) is 10.2 Å². The summed E-state index contributed by atoms with van der Waals surface area (Å²) in [5.74, 6) is 0.165. The molecule has 4 amide bonds. The number of urea groups is 1. The van der Waals surface area contributed by atoms with E-state index in [9.17, 15) is 14.4 Å². The number of nitrogens with one attached hydrogen (secondary N) is 2. The number of rotatable bonds is 4. The summed E-state index contributed by atoms with van der Waals surface area (Å²) >= 11 is 0. The van der Waals surface area contributed by atoms with Gasteiger partial charge in [0.05, 0.1) is 0 Å². The van der Waals surface area contributed by atoms with E-state index in [2.05, 4.69) is 10.6 Å². The van der Waals surface area contributed by atoms with Crippen molar-refractivity contribution < 1.29 is 23.9 Å². The van der Waals surface area contributed by atoms with Crippen LogP contribution in [0.25, 0.3) is 0 Å². The molecule has 2 N–H and O–H groups in total. The van der Waals surface area contributed by atoms with Gasteiger partial charge in [-0.25, -0.2) is 4.79 Å². The Kier molecular flexibility index (Phi) is 4.85. The van der Waals surface area contributed by atoms with Crippen molar-refractivity contribution in [2.75, 3.05) is 25.1 Å². The van der Waals surface area contributed by atoms with Crippen LogP contribution in [-0.2, 0) is 15.1 Å². The Morgan fingerprint density at radius 1 is 1.07 bits per heavy atom. The number of anilines is 1. The molecule has 2 heterocycles. The van der Waals surface area contributed by atoms with E-state index in [0.717, 1.165) is 16.0 Å². The van der Waals surface area contributed by atoms with Crippen LogP contribution in [0.2, 0.25) is 0 Å². The third kappa shape index (κ3) is 3.56. The van der Waals surface area contributed by atoms with Gasteiger partial charge in [-0.2, -0.15) is 0 Å². The molecule has 2 aliphatic rings. The minimum absolute atomic E-state index is 0.377. The van der Waals surface area contributed by atoms with E-state index in [1.807, 2.05) is 32.0 Å². The number of amides is 4. The number of carbonyl (C=O) groups excluding carboxylic acids is 3. The molecule has 1 saturated heterocycles. The van der Waals surface area contributed by atoms with Gasteiger partial charge in [-0.05, 0) is 61.7 Å². The first-order valence-electron chi connectivity index (χ1n) is 9.69. The first kappa shape index (κ1) is 19.8. The van der Waals surface area contributed by atoms with E-state index < -0.39 is 23.4 Å². The summed E-state index contributed by atoms with van der Waals surface area (Å²) in [7, 11) is 0. The van der Waals surface area contributed by atoms with Crippen molar-refractivity contribution >= 4 is 23.5 Å². The second-order valence-electron chi connectivity index (χ2n) is 7.73. The van der Waals surface area contributed by atoms with Gasteiger partial charge in [0, 0.05) is 5.69 Å². The van der Waals surface area contributed by atoms with E-state index in [4.69, 9.17) is 9.47 Å². The molecule has 0 aromatic heterocycles. The second kappa shape index (κ2) is 7.37. The molecule has 0 saturated carbocycles. The predicted octanol–water partition coefficient (Wildman–Crippen LogP) is 2.48. The van der Waals surface area contributed by atoms with Gasteiger partial charge < -0.3 is 20.1 Å². The molecule has 30 heavy (non-hydrogen) atoms. The van der Waals surface area contributed by atoms with Crippen molar-refractivity contribution in [3.63, 3.8) is 0 Å². The van der Waals surface area contributed by atoms with Gasteiger partial charge in [-0.3, -0.25) is 14.5 Å². The van der Waals surface area contributed by atoms with Crippen LogP contribution >= 0.6 is 0 Å². The smallest absolute Gasteiger partial charge is 0.325 e. The Labute approximate surface area is 174 Å². The zero-order valence-electron chi connectivity index (χ0n) is 17.1. The van der Waals surface area contributed by atoms with Gasteiger partial charge in [-0.15, -0.1) is 0 Å². The lowest BCUT2D eigenvalue weighted by molar-refractivity contribution is -0.133. The fourth-order valence-electron chi connectivity index (χ4n) is 3.78. The number of carbonyl (C=O) groups is 3. The first-order valence-corrected chi connectivity index (χ1v) is 9.69. The van der Waals surface area contributed by atoms with Gasteiger partial charge in [0.15, 0.2) is 11.5 Å². The summed E-state index contributed by atoms with van der Waals surface area (Å²) < 4.78 is 11.1. The average Bonchev–Trinajstić information content (AvgIpc) is 2.91. The lowest BCUT2D eigenvalue weighted by Gasteiger charge is -2.25. The van der Waals surface area contributed by atoms with Gasteiger partial charge in [0.2, 0.25) is 5.91 Å². The van der Waals surface area contributed by atoms with E-state index in [-0.39, 0.29) is 6.54 Å². The van der Waals surface area contributed by atoms with Crippen LogP contribution in [0.3, 0.4) is 0 Å². The number of aryl methyl sites for hydroxylation is 2. The minimum atomic E-state index is -1.30. The quantitative estimate of drug-likeness (QED) is 0.757. The normalized spacial score (nSPS) is 20.2. The Morgan fingerprint density at radius 3 is 2.43 bits per heavy atom. The molecule has 0 aliphatic carbocycles. The van der Waals surface area contributed by atoms with Crippen molar-refractivity contribution in [2.24, 2.45) is 0 Å². The number of benzene rings is 2. The largest absolute Gasteiger partial charge is 0.486 e. The van der Waals surface area contributed by atoms with Crippen LogP contribution in [0.5, 0.6) is 11.5 Å². The zero-order valence-corrected chi connectivity index (χ0v) is 17.1. The molecular formula is C22H23N3O5. The third-order valence-corrected chi connectivity index (χ3v) is 5.20. The molecule has 4 rings (SSSR count). The molecule has 2 aliphatic heterocycles. The van der Waals surface area contributed by atoms with E-state index in [1.165, 1.54) is 0 Å². The number of hydrogen-bond acceptors (Lipinski definition) is 5. The van der Waals surface area contributed by atoms with Gasteiger partial charge >= 0.3 is 6.03 Å². The molecule has 8 heteroatoms. The van der Waals surface area contributed by atoms with Crippen LogP contribution in [0, 0.1) is 13.8 Å². The van der Waals surface area contributed by atoms with Crippen molar-refractivity contribution in [3.8, 4) is 11.5 Å². The highest BCUT2D eigenvalue weighted by Gasteiger charge is 2.49. The predicted molar refractivity (Wildman–Crippen MR) is 110 cm³/mol. The highest BCUT2D eigenvalue weighted by atomic mass is 16.6. The molecular weight excluding hydrogens is 386 g/mol. The molecule has 2 aromatic carbocycles. The summed E-state index contributed by atoms with van der Waals surface area (Å²) in [4.78, 5) is 39.0. The van der Waals surface area contributed by atoms with Crippen molar-refractivity contribution in [3.05, 3.63) is 53.1 Å². The van der Waals surface area contributed by atoms with Crippen molar-refractivity contribution in [1.29, 1.82) is 0 Å². The standard InChI is InChI=1S/C22H23N3O5/c1-13-8-14(2)10-16(9-13)23-19(26)12-25-20(27)22(3,24-21(25)28)15-4-5-17-18(11-15)30-7-6-29-17/h4-5,8-11H,6-7,12H2,1-3H3,(H,23,26)(H,24,28)/t22-/m1/s1. The highest BCUT2D eigenvalue weighted by molar-refractivity contribution is 6.10. The number of hydrogen-bond donors (Lipinski definition) is 2. The molecule has 0 bridgehead atoms. The maximum atomic E-state index is 13.1. The lowest BCUT2D eigenvalue weighted by atomic mass is 9.91. The number of fused-ring (bicyclic) bond motifs is 1. The van der Waals surface area contributed by atoms with Crippen LogP contribution in [0.4, 0.5) is 10.5 Å². The molecule has 1 fully saturated rings. The number of imide groups is 1. The molecule has 1 atom stereocenters. The first-order chi connectivity index (χ1) is 14.3. The maximum Gasteiger partial charge on any atom is 0.325 e. The fraction of sp³-hybridized carbons (Fsp3) is 0.318. The highest BCUT2D eigenvalue weighted by Crippen LogP contribution is 2.36. The lowest BCUT2D eigenvalue weighted by Crippen LogP contribution is -2.42. The molecule has 0 spiro atoms. The molecule has 8 nitrogen and oxygen atoms in total. The second-order valence-corrected chi connectivity index (χ2v) is 7.73. The van der Waals surface area contributed by atoms with Crippen LogP contribution in [0.1, 0.15) is 23.6 Å². The van der Waals surface area contributed by atoms with E-state index >= 15 is 0 Å². The SMILES string of the molecule is Cc1cc(C)cc(NC(=O)CN2C(=O)N[C@](C)(c3ccc4c(c3)OCCO4)C2=O)c1. The van der Waals surface area contributed by atoms with E-state index in [0.29, 0.717) is 36.0 Å². The van der Waals surface area contributed by atoms with Crippen LogP contribution < -0.4 is 20.1 Å². The average molecular weight is 409 g/mol. The monoisotopic (exact) mass is 409 g/mol.